The molecule has 0 radical (unpaired) electrons. The molecular formula is C12H13F2NO2. The number of allylic oxidation sites excluding steroid dienone is 1. The third-order valence-electron chi connectivity index (χ3n) is 2.12. The van der Waals surface area contributed by atoms with E-state index >= 15 is 0 Å². The van der Waals surface area contributed by atoms with Crippen LogP contribution in [0.4, 0.5) is 14.5 Å². The van der Waals surface area contributed by atoms with Crippen molar-refractivity contribution in [3.63, 3.8) is 0 Å². The molecule has 1 N–H and O–H groups in total. The van der Waals surface area contributed by atoms with Gasteiger partial charge in [-0.2, -0.15) is 0 Å². The van der Waals surface area contributed by atoms with Crippen molar-refractivity contribution in [2.24, 2.45) is 0 Å². The molecule has 1 aromatic rings. The number of hydrogen-bond acceptors (Lipinski definition) is 3. The summed E-state index contributed by atoms with van der Waals surface area (Å²) in [6.45, 7) is 1.75. The van der Waals surface area contributed by atoms with Crippen molar-refractivity contribution >= 4 is 11.7 Å². The van der Waals surface area contributed by atoms with Crippen LogP contribution in [0.25, 0.3) is 0 Å². The maximum atomic E-state index is 13.3. The molecule has 0 spiro atoms. The minimum Gasteiger partial charge on any atom is -0.466 e. The molecule has 0 amide bonds. The van der Waals surface area contributed by atoms with Crippen LogP contribution in [0.3, 0.4) is 0 Å². The fourth-order valence-corrected chi connectivity index (χ4v) is 1.21. The highest BCUT2D eigenvalue weighted by Crippen LogP contribution is 2.20. The first-order chi connectivity index (χ1) is 8.08. The van der Waals surface area contributed by atoms with Gasteiger partial charge in [-0.1, -0.05) is 13.0 Å². The van der Waals surface area contributed by atoms with Crippen LogP contribution in [-0.4, -0.2) is 13.1 Å². The Bertz CT molecular complexity index is 424. The Kier molecular flexibility index (Phi) is 4.63. The number of carbonyl (C=O) groups is 1. The average Bonchev–Trinajstić information content (AvgIpc) is 2.32. The Labute approximate surface area is 98.1 Å². The van der Waals surface area contributed by atoms with Crippen molar-refractivity contribution in [3.05, 3.63) is 41.6 Å². The number of methoxy groups -OCH3 is 1. The zero-order chi connectivity index (χ0) is 12.8. The van der Waals surface area contributed by atoms with E-state index in [2.05, 4.69) is 10.1 Å². The minimum absolute atomic E-state index is 0.274. The second-order valence-electron chi connectivity index (χ2n) is 3.27. The van der Waals surface area contributed by atoms with Crippen LogP contribution in [0.2, 0.25) is 0 Å². The lowest BCUT2D eigenvalue weighted by atomic mass is 10.2. The van der Waals surface area contributed by atoms with Crippen molar-refractivity contribution in [1.29, 1.82) is 0 Å². The monoisotopic (exact) mass is 241 g/mol. The lowest BCUT2D eigenvalue weighted by molar-refractivity contribution is -0.134. The zero-order valence-electron chi connectivity index (χ0n) is 9.59. The molecule has 0 heterocycles. The Hall–Kier alpha value is -1.91. The number of halogens is 2. The summed E-state index contributed by atoms with van der Waals surface area (Å²) >= 11 is 0. The van der Waals surface area contributed by atoms with E-state index in [1.165, 1.54) is 13.2 Å². The van der Waals surface area contributed by atoms with E-state index in [0.29, 0.717) is 12.1 Å². The van der Waals surface area contributed by atoms with E-state index in [-0.39, 0.29) is 5.69 Å². The first-order valence-electron chi connectivity index (χ1n) is 5.08. The second-order valence-corrected chi connectivity index (χ2v) is 3.27. The SMILES string of the molecule is CC/C(=C/C(=O)OC)Nc1c(F)cccc1F. The van der Waals surface area contributed by atoms with Gasteiger partial charge < -0.3 is 10.1 Å². The Morgan fingerprint density at radius 1 is 1.41 bits per heavy atom. The van der Waals surface area contributed by atoms with Gasteiger partial charge in [0.15, 0.2) is 0 Å². The summed E-state index contributed by atoms with van der Waals surface area (Å²) in [5, 5.41) is 2.54. The van der Waals surface area contributed by atoms with E-state index in [1.54, 1.807) is 6.92 Å². The summed E-state index contributed by atoms with van der Waals surface area (Å²) in [6, 6.07) is 3.54. The summed E-state index contributed by atoms with van der Waals surface area (Å²) in [4.78, 5) is 11.0. The van der Waals surface area contributed by atoms with Crippen LogP contribution in [0.15, 0.2) is 30.0 Å². The quantitative estimate of drug-likeness (QED) is 0.650. The highest BCUT2D eigenvalue weighted by Gasteiger charge is 2.09. The maximum absolute atomic E-state index is 13.3. The van der Waals surface area contributed by atoms with Crippen LogP contribution in [0, 0.1) is 11.6 Å². The molecule has 0 saturated heterocycles. The largest absolute Gasteiger partial charge is 0.466 e. The molecule has 1 aromatic carbocycles. The number of anilines is 1. The lowest BCUT2D eigenvalue weighted by Gasteiger charge is -2.10. The summed E-state index contributed by atoms with van der Waals surface area (Å²) < 4.78 is 31.1. The van der Waals surface area contributed by atoms with Crippen molar-refractivity contribution in [3.8, 4) is 0 Å². The molecule has 0 aliphatic carbocycles. The Balaban J connectivity index is 2.96. The number of esters is 1. The number of rotatable bonds is 4. The molecule has 0 aliphatic heterocycles. The third-order valence-corrected chi connectivity index (χ3v) is 2.12. The van der Waals surface area contributed by atoms with Crippen molar-refractivity contribution in [2.45, 2.75) is 13.3 Å². The number of benzene rings is 1. The van der Waals surface area contributed by atoms with Gasteiger partial charge in [-0.25, -0.2) is 13.6 Å². The minimum atomic E-state index is -0.714. The number of carbonyl (C=O) groups excluding carboxylic acids is 1. The second kappa shape index (κ2) is 5.98. The van der Waals surface area contributed by atoms with Gasteiger partial charge in [0, 0.05) is 11.8 Å². The van der Waals surface area contributed by atoms with Gasteiger partial charge >= 0.3 is 5.97 Å². The first-order valence-corrected chi connectivity index (χ1v) is 5.08. The summed E-state index contributed by atoms with van der Waals surface area (Å²) in [6.07, 6.45) is 1.58. The molecular weight excluding hydrogens is 228 g/mol. The van der Waals surface area contributed by atoms with Crippen LogP contribution in [0.1, 0.15) is 13.3 Å². The van der Waals surface area contributed by atoms with Crippen LogP contribution in [-0.2, 0) is 9.53 Å². The molecule has 0 atom stereocenters. The maximum Gasteiger partial charge on any atom is 0.332 e. The van der Waals surface area contributed by atoms with E-state index in [0.717, 1.165) is 18.2 Å². The van der Waals surface area contributed by atoms with Gasteiger partial charge in [-0.15, -0.1) is 0 Å². The van der Waals surface area contributed by atoms with E-state index < -0.39 is 17.6 Å². The van der Waals surface area contributed by atoms with Gasteiger partial charge in [-0.3, -0.25) is 0 Å². The van der Waals surface area contributed by atoms with Crippen LogP contribution < -0.4 is 5.32 Å². The van der Waals surface area contributed by atoms with Crippen LogP contribution in [0.5, 0.6) is 0 Å². The highest BCUT2D eigenvalue weighted by atomic mass is 19.1. The molecule has 0 unspecified atom stereocenters. The Morgan fingerprint density at radius 2 is 2.00 bits per heavy atom. The third kappa shape index (κ3) is 3.55. The molecule has 0 bridgehead atoms. The molecule has 0 fully saturated rings. The van der Waals surface area contributed by atoms with Gasteiger partial charge in [0.1, 0.15) is 17.3 Å². The van der Waals surface area contributed by atoms with Crippen LogP contribution >= 0.6 is 0 Å². The van der Waals surface area contributed by atoms with Crippen molar-refractivity contribution in [1.82, 2.24) is 0 Å². The van der Waals surface area contributed by atoms with E-state index in [9.17, 15) is 13.6 Å². The molecule has 92 valence electrons. The van der Waals surface area contributed by atoms with E-state index in [4.69, 9.17) is 0 Å². The van der Waals surface area contributed by atoms with Gasteiger partial charge in [0.25, 0.3) is 0 Å². The molecule has 5 heteroatoms. The molecule has 0 aliphatic rings. The standard InChI is InChI=1S/C12H13F2NO2/c1-3-8(7-11(16)17-2)15-12-9(13)5-4-6-10(12)14/h4-7,15H,3H2,1-2H3/b8-7-. The number of ether oxygens (including phenoxy) is 1. The number of nitrogens with one attached hydrogen (secondary N) is 1. The predicted octanol–water partition coefficient (Wildman–Crippen LogP) is 2.84. The predicted molar refractivity (Wildman–Crippen MR) is 60.4 cm³/mol. The van der Waals surface area contributed by atoms with Gasteiger partial charge in [0.2, 0.25) is 0 Å². The highest BCUT2D eigenvalue weighted by molar-refractivity contribution is 5.83. The fourth-order valence-electron chi connectivity index (χ4n) is 1.21. The molecule has 3 nitrogen and oxygen atoms in total. The molecule has 0 saturated carbocycles. The first kappa shape index (κ1) is 13.2. The van der Waals surface area contributed by atoms with Crippen molar-refractivity contribution in [2.75, 3.05) is 12.4 Å². The molecule has 17 heavy (non-hydrogen) atoms. The smallest absolute Gasteiger partial charge is 0.332 e. The summed E-state index contributed by atoms with van der Waals surface area (Å²) in [7, 11) is 1.23. The number of para-hydroxylation sites is 1. The van der Waals surface area contributed by atoms with Gasteiger partial charge in [-0.05, 0) is 18.6 Å². The normalized spacial score (nSPS) is 11.2. The summed E-state index contributed by atoms with van der Waals surface area (Å²) in [5.41, 5.74) is 0.102. The fraction of sp³-hybridized carbons (Fsp3) is 0.250. The topological polar surface area (TPSA) is 38.3 Å². The molecule has 0 aromatic heterocycles. The Morgan fingerprint density at radius 3 is 2.47 bits per heavy atom. The van der Waals surface area contributed by atoms with E-state index in [1.807, 2.05) is 0 Å². The zero-order valence-corrected chi connectivity index (χ0v) is 9.59. The van der Waals surface area contributed by atoms with Crippen molar-refractivity contribution < 1.29 is 18.3 Å². The lowest BCUT2D eigenvalue weighted by Crippen LogP contribution is -2.06. The average molecular weight is 241 g/mol. The summed E-state index contributed by atoms with van der Waals surface area (Å²) in [5.74, 6) is -2.01. The molecule has 1 rings (SSSR count). The number of hydrogen-bond donors (Lipinski definition) is 1. The van der Waals surface area contributed by atoms with Gasteiger partial charge in [0.05, 0.1) is 7.11 Å².